The average Bonchev–Trinajstić information content (AvgIpc) is 3.37. The van der Waals surface area contributed by atoms with Crippen LogP contribution in [-0.2, 0) is 6.54 Å². The second kappa shape index (κ2) is 4.74. The van der Waals surface area contributed by atoms with E-state index in [9.17, 15) is 0 Å². The van der Waals surface area contributed by atoms with Crippen molar-refractivity contribution < 1.29 is 0 Å². The molecule has 104 valence electrons. The van der Waals surface area contributed by atoms with E-state index in [1.165, 1.54) is 48.2 Å². The molecule has 0 aliphatic heterocycles. The van der Waals surface area contributed by atoms with Crippen LogP contribution in [0.15, 0.2) is 30.5 Å². The fourth-order valence-electron chi connectivity index (χ4n) is 2.85. The van der Waals surface area contributed by atoms with Gasteiger partial charge in [0.25, 0.3) is 0 Å². The van der Waals surface area contributed by atoms with E-state index in [0.717, 1.165) is 12.6 Å². The molecule has 1 heterocycles. The highest BCUT2D eigenvalue weighted by Crippen LogP contribution is 2.42. The van der Waals surface area contributed by atoms with Crippen molar-refractivity contribution in [2.75, 3.05) is 0 Å². The zero-order valence-electron chi connectivity index (χ0n) is 12.0. The Morgan fingerprint density at radius 1 is 1.20 bits per heavy atom. The summed E-state index contributed by atoms with van der Waals surface area (Å²) in [6.07, 6.45) is 7.37. The first-order valence-corrected chi connectivity index (χ1v) is 7.69. The molecule has 1 N–H and O–H groups in total. The molecule has 3 heteroatoms. The largest absolute Gasteiger partial charge is 0.310 e. The van der Waals surface area contributed by atoms with E-state index in [4.69, 9.17) is 0 Å². The van der Waals surface area contributed by atoms with Crippen molar-refractivity contribution in [2.24, 2.45) is 0 Å². The van der Waals surface area contributed by atoms with E-state index in [1.54, 1.807) is 0 Å². The summed E-state index contributed by atoms with van der Waals surface area (Å²) in [5, 5.41) is 8.31. The Balaban J connectivity index is 1.70. The molecule has 0 bridgehead atoms. The number of rotatable bonds is 5. The number of nitrogens with one attached hydrogen (secondary N) is 1. The second-order valence-electron chi connectivity index (χ2n) is 6.18. The number of aromatic nitrogens is 2. The average molecular weight is 267 g/mol. The zero-order chi connectivity index (χ0) is 13.5. The van der Waals surface area contributed by atoms with Crippen LogP contribution in [0.1, 0.15) is 48.4 Å². The third kappa shape index (κ3) is 2.27. The maximum atomic E-state index is 4.68. The van der Waals surface area contributed by atoms with Crippen LogP contribution in [0.3, 0.4) is 0 Å². The molecule has 0 amide bonds. The van der Waals surface area contributed by atoms with Gasteiger partial charge in [0.1, 0.15) is 0 Å². The highest BCUT2D eigenvalue weighted by Gasteiger charge is 2.31. The molecular formula is C17H21N3. The van der Waals surface area contributed by atoms with E-state index >= 15 is 0 Å². The zero-order valence-corrected chi connectivity index (χ0v) is 12.0. The van der Waals surface area contributed by atoms with Gasteiger partial charge in [0.2, 0.25) is 0 Å². The van der Waals surface area contributed by atoms with Gasteiger partial charge in [-0.3, -0.25) is 0 Å². The number of hydrogen-bond acceptors (Lipinski definition) is 2. The van der Waals surface area contributed by atoms with Crippen molar-refractivity contribution in [1.29, 1.82) is 0 Å². The van der Waals surface area contributed by atoms with E-state index in [2.05, 4.69) is 52.5 Å². The lowest BCUT2D eigenvalue weighted by molar-refractivity contribution is 0.679. The minimum absolute atomic E-state index is 0.716. The molecular weight excluding hydrogens is 246 g/mol. The number of para-hydroxylation sites is 1. The van der Waals surface area contributed by atoms with Gasteiger partial charge in [-0.15, -0.1) is 0 Å². The summed E-state index contributed by atoms with van der Waals surface area (Å²) in [6, 6.07) is 9.28. The molecule has 4 rings (SSSR count). The van der Waals surface area contributed by atoms with Gasteiger partial charge in [-0.2, -0.15) is 5.10 Å². The van der Waals surface area contributed by atoms with Crippen molar-refractivity contribution >= 4 is 0 Å². The van der Waals surface area contributed by atoms with Crippen LogP contribution in [0.25, 0.3) is 5.69 Å². The maximum Gasteiger partial charge on any atom is 0.0678 e. The molecule has 0 unspecified atom stereocenters. The van der Waals surface area contributed by atoms with Gasteiger partial charge >= 0.3 is 0 Å². The van der Waals surface area contributed by atoms with Crippen LogP contribution in [-0.4, -0.2) is 15.8 Å². The Bertz CT molecular complexity index is 621. The Kier molecular flexibility index (Phi) is 2.88. The van der Waals surface area contributed by atoms with Gasteiger partial charge < -0.3 is 5.32 Å². The lowest BCUT2D eigenvalue weighted by atomic mass is 10.1. The number of hydrogen-bond donors (Lipinski definition) is 1. The molecule has 0 spiro atoms. The van der Waals surface area contributed by atoms with Crippen LogP contribution in [0.2, 0.25) is 0 Å². The Morgan fingerprint density at radius 2 is 2.00 bits per heavy atom. The predicted octanol–water partition coefficient (Wildman–Crippen LogP) is 3.31. The number of aryl methyl sites for hydroxylation is 1. The third-order valence-corrected chi connectivity index (χ3v) is 4.35. The summed E-state index contributed by atoms with van der Waals surface area (Å²) in [4.78, 5) is 0. The first-order valence-electron chi connectivity index (χ1n) is 7.69. The van der Waals surface area contributed by atoms with Gasteiger partial charge in [-0.25, -0.2) is 4.68 Å². The molecule has 2 saturated carbocycles. The van der Waals surface area contributed by atoms with Crippen LogP contribution in [0, 0.1) is 6.92 Å². The van der Waals surface area contributed by atoms with E-state index in [-0.39, 0.29) is 0 Å². The lowest BCUT2D eigenvalue weighted by Gasteiger charge is -2.11. The summed E-state index contributed by atoms with van der Waals surface area (Å²) in [5.74, 6) is 0.716. The summed E-state index contributed by atoms with van der Waals surface area (Å²) in [6.45, 7) is 3.14. The fraction of sp³-hybridized carbons (Fsp3) is 0.471. The molecule has 3 nitrogen and oxygen atoms in total. The van der Waals surface area contributed by atoms with Crippen molar-refractivity contribution in [3.8, 4) is 5.69 Å². The quantitative estimate of drug-likeness (QED) is 0.900. The highest BCUT2D eigenvalue weighted by atomic mass is 15.3. The van der Waals surface area contributed by atoms with Crippen molar-refractivity contribution in [3.05, 3.63) is 47.3 Å². The maximum absolute atomic E-state index is 4.68. The van der Waals surface area contributed by atoms with Gasteiger partial charge in [0.05, 0.1) is 17.6 Å². The molecule has 2 aliphatic carbocycles. The van der Waals surface area contributed by atoms with Crippen LogP contribution in [0.5, 0.6) is 0 Å². The van der Waals surface area contributed by atoms with Crippen molar-refractivity contribution in [3.63, 3.8) is 0 Å². The van der Waals surface area contributed by atoms with Gasteiger partial charge in [-0.1, -0.05) is 18.2 Å². The Labute approximate surface area is 120 Å². The normalized spacial score (nSPS) is 18.4. The Hall–Kier alpha value is -1.61. The lowest BCUT2D eigenvalue weighted by Crippen LogP contribution is -2.16. The summed E-state index contributed by atoms with van der Waals surface area (Å²) >= 11 is 0. The SMILES string of the molecule is Cc1ccccc1-n1ncc(CNC2CC2)c1C1CC1. The second-order valence-corrected chi connectivity index (χ2v) is 6.18. The van der Waals surface area contributed by atoms with Crippen LogP contribution < -0.4 is 5.32 Å². The summed E-state index contributed by atoms with van der Waals surface area (Å²) < 4.78 is 2.18. The molecule has 0 radical (unpaired) electrons. The molecule has 0 saturated heterocycles. The molecule has 2 fully saturated rings. The smallest absolute Gasteiger partial charge is 0.0678 e. The molecule has 2 aliphatic rings. The van der Waals surface area contributed by atoms with Gasteiger partial charge in [0.15, 0.2) is 0 Å². The third-order valence-electron chi connectivity index (χ3n) is 4.35. The molecule has 0 atom stereocenters. The van der Waals surface area contributed by atoms with Crippen LogP contribution >= 0.6 is 0 Å². The van der Waals surface area contributed by atoms with E-state index < -0.39 is 0 Å². The molecule has 1 aromatic carbocycles. The van der Waals surface area contributed by atoms with Gasteiger partial charge in [0, 0.05) is 24.1 Å². The molecule has 1 aromatic heterocycles. The van der Waals surface area contributed by atoms with E-state index in [1.807, 2.05) is 0 Å². The standard InChI is InChI=1S/C17H21N3/c1-12-4-2-3-5-16(12)20-17(13-6-7-13)14(11-19-20)10-18-15-8-9-15/h2-5,11,13,15,18H,6-10H2,1H3. The van der Waals surface area contributed by atoms with E-state index in [0.29, 0.717) is 5.92 Å². The predicted molar refractivity (Wildman–Crippen MR) is 80.1 cm³/mol. The fourth-order valence-corrected chi connectivity index (χ4v) is 2.85. The molecule has 2 aromatic rings. The van der Waals surface area contributed by atoms with Crippen LogP contribution in [0.4, 0.5) is 0 Å². The van der Waals surface area contributed by atoms with Gasteiger partial charge in [-0.05, 0) is 44.2 Å². The first kappa shape index (κ1) is 12.2. The minimum Gasteiger partial charge on any atom is -0.310 e. The van der Waals surface area contributed by atoms with Crippen molar-refractivity contribution in [2.45, 2.75) is 51.1 Å². The minimum atomic E-state index is 0.716. The topological polar surface area (TPSA) is 29.9 Å². The number of nitrogens with zero attached hydrogens (tertiary/aromatic N) is 2. The summed E-state index contributed by atoms with van der Waals surface area (Å²) in [7, 11) is 0. The molecule has 20 heavy (non-hydrogen) atoms. The number of benzene rings is 1. The Morgan fingerprint density at radius 3 is 2.70 bits per heavy atom. The first-order chi connectivity index (χ1) is 9.83. The monoisotopic (exact) mass is 267 g/mol. The summed E-state index contributed by atoms with van der Waals surface area (Å²) in [5.41, 5.74) is 5.35. The van der Waals surface area contributed by atoms with Crippen molar-refractivity contribution in [1.82, 2.24) is 15.1 Å². The highest BCUT2D eigenvalue weighted by molar-refractivity contribution is 5.43.